The molecule has 2 amide bonds. The number of hydrogen-bond donors (Lipinski definition) is 2. The molecule has 0 bridgehead atoms. The Bertz CT molecular complexity index is 512. The lowest BCUT2D eigenvalue weighted by atomic mass is 10.0. The summed E-state index contributed by atoms with van der Waals surface area (Å²) in [6.07, 6.45) is 0.872. The highest BCUT2D eigenvalue weighted by molar-refractivity contribution is 5.98. The Morgan fingerprint density at radius 2 is 1.90 bits per heavy atom. The molecule has 5 heteroatoms. The zero-order valence-corrected chi connectivity index (χ0v) is 12.6. The lowest BCUT2D eigenvalue weighted by Crippen LogP contribution is -2.38. The van der Waals surface area contributed by atoms with Crippen molar-refractivity contribution in [3.63, 3.8) is 0 Å². The maximum absolute atomic E-state index is 12.3. The number of carbonyl (C=O) groups excluding carboxylic acids is 2. The third-order valence-electron chi connectivity index (χ3n) is 3.14. The Balaban J connectivity index is 2.79. The van der Waals surface area contributed by atoms with Gasteiger partial charge in [-0.2, -0.15) is 0 Å². The number of rotatable bonds is 5. The van der Waals surface area contributed by atoms with Crippen molar-refractivity contribution in [2.75, 3.05) is 25.9 Å². The maximum atomic E-state index is 12.3. The number of aryl methyl sites for hydroxylation is 2. The van der Waals surface area contributed by atoms with Gasteiger partial charge in [-0.15, -0.1) is 0 Å². The fraction of sp³-hybridized carbons (Fsp3) is 0.467. The molecule has 0 aliphatic rings. The van der Waals surface area contributed by atoms with Crippen molar-refractivity contribution in [1.29, 1.82) is 0 Å². The van der Waals surface area contributed by atoms with Crippen molar-refractivity contribution in [3.05, 3.63) is 28.8 Å². The molecule has 0 saturated heterocycles. The second-order valence-corrected chi connectivity index (χ2v) is 5.03. The molecule has 1 aromatic carbocycles. The Morgan fingerprint density at radius 1 is 1.25 bits per heavy atom. The summed E-state index contributed by atoms with van der Waals surface area (Å²) in [5.41, 5.74) is 8.78. The lowest BCUT2D eigenvalue weighted by molar-refractivity contribution is -0.121. The average Bonchev–Trinajstić information content (AvgIpc) is 2.39. The van der Waals surface area contributed by atoms with Gasteiger partial charge in [0.2, 0.25) is 5.91 Å². The number of nitrogens with zero attached hydrogens (tertiary/aromatic N) is 1. The average molecular weight is 277 g/mol. The second-order valence-electron chi connectivity index (χ2n) is 5.03. The molecule has 110 valence electrons. The number of anilines is 1. The summed E-state index contributed by atoms with van der Waals surface area (Å²) in [6.45, 7) is 6.42. The number of benzene rings is 1. The molecule has 0 aliphatic carbocycles. The van der Waals surface area contributed by atoms with Crippen LogP contribution in [-0.2, 0) is 4.79 Å². The first-order valence-corrected chi connectivity index (χ1v) is 6.75. The largest absolute Gasteiger partial charge is 0.398 e. The van der Waals surface area contributed by atoms with Gasteiger partial charge in [0.1, 0.15) is 0 Å². The van der Waals surface area contributed by atoms with E-state index >= 15 is 0 Å². The molecule has 5 nitrogen and oxygen atoms in total. The Kier molecular flexibility index (Phi) is 5.55. The van der Waals surface area contributed by atoms with Crippen LogP contribution in [0.1, 0.15) is 34.8 Å². The van der Waals surface area contributed by atoms with Crippen molar-refractivity contribution < 1.29 is 9.59 Å². The van der Waals surface area contributed by atoms with Gasteiger partial charge in [0.15, 0.2) is 0 Å². The van der Waals surface area contributed by atoms with Crippen LogP contribution in [0, 0.1) is 13.8 Å². The number of hydrogen-bond acceptors (Lipinski definition) is 3. The molecule has 1 aromatic rings. The zero-order valence-electron chi connectivity index (χ0n) is 12.6. The highest BCUT2D eigenvalue weighted by Gasteiger charge is 2.17. The molecule has 0 unspecified atom stereocenters. The lowest BCUT2D eigenvalue weighted by Gasteiger charge is -2.18. The van der Waals surface area contributed by atoms with Gasteiger partial charge in [-0.1, -0.05) is 13.0 Å². The zero-order chi connectivity index (χ0) is 15.3. The smallest absolute Gasteiger partial charge is 0.254 e. The molecule has 0 fully saturated rings. The fourth-order valence-corrected chi connectivity index (χ4v) is 1.91. The molecule has 0 atom stereocenters. The monoisotopic (exact) mass is 277 g/mol. The minimum absolute atomic E-state index is 0.0477. The molecular formula is C15H23N3O2. The summed E-state index contributed by atoms with van der Waals surface area (Å²) in [7, 11) is 1.61. The van der Waals surface area contributed by atoms with E-state index < -0.39 is 0 Å². The molecule has 0 aliphatic heterocycles. The number of nitrogen functional groups attached to an aromatic ring is 1. The Labute approximate surface area is 120 Å². The van der Waals surface area contributed by atoms with Crippen molar-refractivity contribution in [2.24, 2.45) is 0 Å². The minimum atomic E-state index is -0.194. The van der Waals surface area contributed by atoms with Crippen LogP contribution in [0.4, 0.5) is 5.69 Å². The highest BCUT2D eigenvalue weighted by atomic mass is 16.2. The van der Waals surface area contributed by atoms with Gasteiger partial charge in [0, 0.05) is 24.8 Å². The number of amides is 2. The molecule has 20 heavy (non-hydrogen) atoms. The molecule has 0 heterocycles. The minimum Gasteiger partial charge on any atom is -0.398 e. The van der Waals surface area contributed by atoms with Crippen LogP contribution in [0.5, 0.6) is 0 Å². The van der Waals surface area contributed by atoms with Gasteiger partial charge >= 0.3 is 0 Å². The summed E-state index contributed by atoms with van der Waals surface area (Å²) >= 11 is 0. The summed E-state index contributed by atoms with van der Waals surface area (Å²) in [4.78, 5) is 25.4. The van der Waals surface area contributed by atoms with Crippen LogP contribution >= 0.6 is 0 Å². The first-order valence-electron chi connectivity index (χ1n) is 6.75. The van der Waals surface area contributed by atoms with Crippen LogP contribution in [0.15, 0.2) is 12.1 Å². The quantitative estimate of drug-likeness (QED) is 0.801. The van der Waals surface area contributed by atoms with E-state index in [0.29, 0.717) is 17.8 Å². The number of nitrogens with two attached hydrogens (primary N) is 1. The summed E-state index contributed by atoms with van der Waals surface area (Å²) in [6, 6.07) is 3.56. The first kappa shape index (κ1) is 16.0. The van der Waals surface area contributed by atoms with Gasteiger partial charge in [-0.3, -0.25) is 9.59 Å². The van der Waals surface area contributed by atoms with Crippen LogP contribution in [0.25, 0.3) is 0 Å². The van der Waals surface area contributed by atoms with Crippen molar-refractivity contribution in [3.8, 4) is 0 Å². The molecule has 3 N–H and O–H groups in total. The number of nitrogens with one attached hydrogen (secondary N) is 1. The van der Waals surface area contributed by atoms with Gasteiger partial charge < -0.3 is 16.0 Å². The molecule has 1 rings (SSSR count). The SMILES string of the molecule is CCCNC(=O)CN(C)C(=O)c1cc(N)c(C)cc1C. The van der Waals surface area contributed by atoms with E-state index in [2.05, 4.69) is 5.32 Å². The highest BCUT2D eigenvalue weighted by Crippen LogP contribution is 2.19. The van der Waals surface area contributed by atoms with Crippen LogP contribution < -0.4 is 11.1 Å². The number of carbonyl (C=O) groups is 2. The van der Waals surface area contributed by atoms with Gasteiger partial charge in [-0.25, -0.2) is 0 Å². The predicted octanol–water partition coefficient (Wildman–Crippen LogP) is 1.48. The van der Waals surface area contributed by atoms with Gasteiger partial charge in [-0.05, 0) is 37.5 Å². The molecular weight excluding hydrogens is 254 g/mol. The van der Waals surface area contributed by atoms with Crippen LogP contribution in [0.2, 0.25) is 0 Å². The second kappa shape index (κ2) is 6.93. The maximum Gasteiger partial charge on any atom is 0.254 e. The summed E-state index contributed by atoms with van der Waals surface area (Å²) in [5, 5.41) is 2.75. The third kappa shape index (κ3) is 3.98. The molecule has 0 spiro atoms. The van der Waals surface area contributed by atoms with E-state index in [0.717, 1.165) is 17.5 Å². The summed E-state index contributed by atoms with van der Waals surface area (Å²) in [5.74, 6) is -0.346. The molecule has 0 radical (unpaired) electrons. The van der Waals surface area contributed by atoms with Crippen molar-refractivity contribution in [2.45, 2.75) is 27.2 Å². The van der Waals surface area contributed by atoms with E-state index in [-0.39, 0.29) is 18.4 Å². The Hall–Kier alpha value is -2.04. The first-order chi connectivity index (χ1) is 9.36. The topological polar surface area (TPSA) is 75.4 Å². The standard InChI is InChI=1S/C15H23N3O2/c1-5-6-17-14(19)9-18(4)15(20)12-8-13(16)11(3)7-10(12)2/h7-8H,5-6,9,16H2,1-4H3,(H,17,19). The van der Waals surface area contributed by atoms with Gasteiger partial charge in [0.05, 0.1) is 6.54 Å². The Morgan fingerprint density at radius 3 is 2.50 bits per heavy atom. The normalized spacial score (nSPS) is 10.2. The van der Waals surface area contributed by atoms with E-state index in [1.54, 1.807) is 13.1 Å². The van der Waals surface area contributed by atoms with Crippen LogP contribution in [0.3, 0.4) is 0 Å². The van der Waals surface area contributed by atoms with E-state index in [4.69, 9.17) is 5.73 Å². The predicted molar refractivity (Wildman–Crippen MR) is 80.6 cm³/mol. The van der Waals surface area contributed by atoms with Gasteiger partial charge in [0.25, 0.3) is 5.91 Å². The van der Waals surface area contributed by atoms with Crippen LogP contribution in [-0.4, -0.2) is 36.9 Å². The van der Waals surface area contributed by atoms with Crippen molar-refractivity contribution in [1.82, 2.24) is 10.2 Å². The summed E-state index contributed by atoms with van der Waals surface area (Å²) < 4.78 is 0. The van der Waals surface area contributed by atoms with E-state index in [9.17, 15) is 9.59 Å². The third-order valence-corrected chi connectivity index (χ3v) is 3.14. The fourth-order valence-electron chi connectivity index (χ4n) is 1.91. The molecule has 0 saturated carbocycles. The molecule has 0 aromatic heterocycles. The number of likely N-dealkylation sites (N-methyl/N-ethyl adjacent to an activating group) is 1. The van der Waals surface area contributed by atoms with E-state index in [1.165, 1.54) is 4.90 Å². The van der Waals surface area contributed by atoms with Crippen molar-refractivity contribution >= 4 is 17.5 Å². The van der Waals surface area contributed by atoms with E-state index in [1.807, 2.05) is 26.8 Å².